The molecule has 1 atom stereocenters. The van der Waals surface area contributed by atoms with Crippen molar-refractivity contribution in [2.75, 3.05) is 24.5 Å². The summed E-state index contributed by atoms with van der Waals surface area (Å²) in [5.74, 6) is 0. The fraction of sp³-hybridized carbons (Fsp3) is 0.571. The number of nitrogens with zero attached hydrogens (tertiary/aromatic N) is 3. The molecule has 1 fully saturated rings. The molecule has 0 spiro atoms. The minimum absolute atomic E-state index is 0.533. The van der Waals surface area contributed by atoms with Crippen molar-refractivity contribution in [1.29, 1.82) is 5.26 Å². The van der Waals surface area contributed by atoms with Gasteiger partial charge in [0.1, 0.15) is 6.07 Å². The smallest absolute Gasteiger partial charge is 0.101 e. The van der Waals surface area contributed by atoms with Crippen LogP contribution in [0.5, 0.6) is 0 Å². The van der Waals surface area contributed by atoms with Gasteiger partial charge in [0.25, 0.3) is 0 Å². The lowest BCUT2D eigenvalue weighted by Crippen LogP contribution is -2.44. The largest absolute Gasteiger partial charge is 0.368 e. The Morgan fingerprint density at radius 3 is 3.11 bits per heavy atom. The Hall–Kier alpha value is -1.60. The summed E-state index contributed by atoms with van der Waals surface area (Å²) in [5, 5.41) is 12.7. The Balaban J connectivity index is 2.10. The zero-order chi connectivity index (χ0) is 12.8. The number of piperidine rings is 1. The predicted molar refractivity (Wildman–Crippen MR) is 72.5 cm³/mol. The van der Waals surface area contributed by atoms with Crippen LogP contribution in [0.15, 0.2) is 18.5 Å². The molecule has 0 aliphatic carbocycles. The van der Waals surface area contributed by atoms with Gasteiger partial charge >= 0.3 is 0 Å². The lowest BCUT2D eigenvalue weighted by molar-refractivity contribution is 0.400. The van der Waals surface area contributed by atoms with Gasteiger partial charge in [0.15, 0.2) is 0 Å². The second kappa shape index (κ2) is 6.36. The molecule has 2 rings (SSSR count). The number of hydrogen-bond acceptors (Lipinski definition) is 4. The van der Waals surface area contributed by atoms with E-state index in [-0.39, 0.29) is 0 Å². The Morgan fingerprint density at radius 1 is 1.56 bits per heavy atom. The summed E-state index contributed by atoms with van der Waals surface area (Å²) < 4.78 is 0. The molecule has 1 saturated heterocycles. The van der Waals surface area contributed by atoms with Gasteiger partial charge < -0.3 is 10.2 Å². The average Bonchev–Trinajstić information content (AvgIpc) is 2.46. The van der Waals surface area contributed by atoms with Gasteiger partial charge in [-0.2, -0.15) is 5.26 Å². The first-order valence-electron chi connectivity index (χ1n) is 6.67. The number of rotatable bonds is 4. The minimum Gasteiger partial charge on any atom is -0.368 e. The number of likely N-dealkylation sites (N-methyl/N-ethyl adjacent to an activating group) is 1. The number of nitriles is 1. The number of anilines is 1. The fourth-order valence-electron chi connectivity index (χ4n) is 2.48. The maximum atomic E-state index is 9.15. The number of aromatic nitrogens is 1. The van der Waals surface area contributed by atoms with E-state index in [1.165, 1.54) is 19.3 Å². The van der Waals surface area contributed by atoms with Gasteiger partial charge in [-0.15, -0.1) is 0 Å². The van der Waals surface area contributed by atoms with Crippen molar-refractivity contribution in [3.05, 3.63) is 24.0 Å². The van der Waals surface area contributed by atoms with E-state index < -0.39 is 0 Å². The Labute approximate surface area is 109 Å². The van der Waals surface area contributed by atoms with Gasteiger partial charge in [-0.3, -0.25) is 4.98 Å². The molecule has 0 amide bonds. The zero-order valence-electron chi connectivity index (χ0n) is 10.9. The van der Waals surface area contributed by atoms with E-state index in [0.717, 1.165) is 25.3 Å². The Morgan fingerprint density at radius 2 is 2.44 bits per heavy atom. The van der Waals surface area contributed by atoms with Gasteiger partial charge in [-0.25, -0.2) is 0 Å². The predicted octanol–water partition coefficient (Wildman–Crippen LogP) is 1.92. The van der Waals surface area contributed by atoms with Crippen molar-refractivity contribution in [2.24, 2.45) is 0 Å². The lowest BCUT2D eigenvalue weighted by atomic mass is 10.0. The van der Waals surface area contributed by atoms with Gasteiger partial charge in [-0.1, -0.05) is 6.42 Å². The van der Waals surface area contributed by atoms with Crippen molar-refractivity contribution in [1.82, 2.24) is 10.3 Å². The molecular weight excluding hydrogens is 224 g/mol. The van der Waals surface area contributed by atoms with E-state index in [1.807, 2.05) is 0 Å². The molecule has 4 nitrogen and oxygen atoms in total. The molecule has 0 aromatic carbocycles. The third-order valence-electron chi connectivity index (χ3n) is 3.50. The number of pyridine rings is 1. The molecule has 0 radical (unpaired) electrons. The topological polar surface area (TPSA) is 52.0 Å². The van der Waals surface area contributed by atoms with Crippen molar-refractivity contribution in [2.45, 2.75) is 32.2 Å². The average molecular weight is 244 g/mol. The van der Waals surface area contributed by atoms with Crippen LogP contribution in [-0.2, 0) is 0 Å². The quantitative estimate of drug-likeness (QED) is 0.879. The van der Waals surface area contributed by atoms with E-state index >= 15 is 0 Å². The van der Waals surface area contributed by atoms with Crippen LogP contribution in [-0.4, -0.2) is 30.7 Å². The van der Waals surface area contributed by atoms with Crippen molar-refractivity contribution in [3.63, 3.8) is 0 Å². The summed E-state index contributed by atoms with van der Waals surface area (Å²) in [7, 11) is 0. The fourth-order valence-corrected chi connectivity index (χ4v) is 2.48. The highest BCUT2D eigenvalue weighted by Crippen LogP contribution is 2.19. The Kier molecular flexibility index (Phi) is 4.54. The van der Waals surface area contributed by atoms with Gasteiger partial charge in [0, 0.05) is 25.3 Å². The molecular formula is C14H20N4. The second-order valence-corrected chi connectivity index (χ2v) is 4.69. The zero-order valence-corrected chi connectivity index (χ0v) is 10.9. The van der Waals surface area contributed by atoms with Crippen LogP contribution in [0.3, 0.4) is 0 Å². The van der Waals surface area contributed by atoms with E-state index in [4.69, 9.17) is 5.26 Å². The van der Waals surface area contributed by atoms with E-state index in [9.17, 15) is 0 Å². The molecule has 1 aliphatic rings. The molecule has 1 N–H and O–H groups in total. The van der Waals surface area contributed by atoms with Crippen LogP contribution in [0.25, 0.3) is 0 Å². The van der Waals surface area contributed by atoms with Crippen LogP contribution >= 0.6 is 0 Å². The van der Waals surface area contributed by atoms with Crippen LogP contribution < -0.4 is 10.2 Å². The van der Waals surface area contributed by atoms with Crippen molar-refractivity contribution in [3.8, 4) is 6.07 Å². The first kappa shape index (κ1) is 12.8. The SMILES string of the molecule is CCN(CC1CCCCN1)c1cnccc1C#N. The standard InChI is InChI=1S/C14H20N4/c1-2-18(11-13-5-3-4-7-17-13)14-10-16-8-6-12(14)9-15/h6,8,10,13,17H,2-5,7,11H2,1H3. The highest BCUT2D eigenvalue weighted by atomic mass is 15.2. The lowest BCUT2D eigenvalue weighted by Gasteiger charge is -2.31. The van der Waals surface area contributed by atoms with Crippen molar-refractivity contribution < 1.29 is 0 Å². The maximum absolute atomic E-state index is 9.15. The minimum atomic E-state index is 0.533. The molecule has 0 saturated carbocycles. The Bertz CT molecular complexity index is 418. The monoisotopic (exact) mass is 244 g/mol. The molecule has 1 aromatic heterocycles. The molecule has 2 heterocycles. The summed E-state index contributed by atoms with van der Waals surface area (Å²) in [6.45, 7) is 5.09. The molecule has 96 valence electrons. The second-order valence-electron chi connectivity index (χ2n) is 4.69. The summed E-state index contributed by atoms with van der Waals surface area (Å²) in [5.41, 5.74) is 1.66. The van der Waals surface area contributed by atoms with Crippen LogP contribution in [0, 0.1) is 11.3 Å². The van der Waals surface area contributed by atoms with Gasteiger partial charge in [0.2, 0.25) is 0 Å². The number of nitrogens with one attached hydrogen (secondary N) is 1. The third kappa shape index (κ3) is 2.99. The maximum Gasteiger partial charge on any atom is 0.101 e. The first-order valence-corrected chi connectivity index (χ1v) is 6.67. The van der Waals surface area contributed by atoms with Crippen LogP contribution in [0.4, 0.5) is 5.69 Å². The molecule has 1 aliphatic heterocycles. The molecule has 0 bridgehead atoms. The van der Waals surface area contributed by atoms with Crippen LogP contribution in [0.1, 0.15) is 31.7 Å². The highest BCUT2D eigenvalue weighted by molar-refractivity contribution is 5.57. The molecule has 4 heteroatoms. The van der Waals surface area contributed by atoms with E-state index in [0.29, 0.717) is 11.6 Å². The summed E-state index contributed by atoms with van der Waals surface area (Å²) >= 11 is 0. The normalized spacial score (nSPS) is 19.2. The first-order chi connectivity index (χ1) is 8.85. The van der Waals surface area contributed by atoms with Gasteiger partial charge in [0.05, 0.1) is 17.4 Å². The summed E-state index contributed by atoms with van der Waals surface area (Å²) in [6.07, 6.45) is 7.27. The van der Waals surface area contributed by atoms with E-state index in [1.54, 1.807) is 18.5 Å². The van der Waals surface area contributed by atoms with Crippen LogP contribution in [0.2, 0.25) is 0 Å². The molecule has 1 unspecified atom stereocenters. The summed E-state index contributed by atoms with van der Waals surface area (Å²) in [6, 6.07) is 4.56. The summed E-state index contributed by atoms with van der Waals surface area (Å²) in [4.78, 5) is 6.39. The van der Waals surface area contributed by atoms with E-state index in [2.05, 4.69) is 28.2 Å². The third-order valence-corrected chi connectivity index (χ3v) is 3.50. The van der Waals surface area contributed by atoms with Gasteiger partial charge in [-0.05, 0) is 32.4 Å². The number of hydrogen-bond donors (Lipinski definition) is 1. The molecule has 1 aromatic rings. The molecule has 18 heavy (non-hydrogen) atoms. The van der Waals surface area contributed by atoms with Crippen molar-refractivity contribution >= 4 is 5.69 Å². The highest BCUT2D eigenvalue weighted by Gasteiger charge is 2.17.